The zero-order valence-corrected chi connectivity index (χ0v) is 19.0. The number of aliphatic hydroxyl groups is 1. The van der Waals surface area contributed by atoms with Crippen molar-refractivity contribution < 1.29 is 28.2 Å². The van der Waals surface area contributed by atoms with E-state index in [2.05, 4.69) is 25.6 Å². The fourth-order valence-electron chi connectivity index (χ4n) is 3.86. The van der Waals surface area contributed by atoms with Crippen molar-refractivity contribution in [3.05, 3.63) is 29.8 Å². The number of nitrogens with zero attached hydrogens (tertiary/aromatic N) is 5. The molecule has 4 rings (SSSR count). The number of hydrogen-bond donors (Lipinski definition) is 3. The SMILES string of the molecule is CCCCNc1nc(Sc2ccc(C(F)(F)F)cc2)nc2c1nnn2C1CC(C(=O)O)CC1O. The molecule has 0 amide bonds. The third-order valence-electron chi connectivity index (χ3n) is 5.68. The molecule has 34 heavy (non-hydrogen) atoms. The Labute approximate surface area is 196 Å². The quantitative estimate of drug-likeness (QED) is 0.313. The van der Waals surface area contributed by atoms with E-state index in [0.717, 1.165) is 36.7 Å². The first-order valence-corrected chi connectivity index (χ1v) is 11.6. The van der Waals surface area contributed by atoms with Crippen molar-refractivity contribution in [2.24, 2.45) is 5.92 Å². The number of fused-ring (bicyclic) bond motifs is 1. The van der Waals surface area contributed by atoms with Crippen LogP contribution in [0.15, 0.2) is 34.3 Å². The molecule has 9 nitrogen and oxygen atoms in total. The lowest BCUT2D eigenvalue weighted by Gasteiger charge is -2.15. The highest BCUT2D eigenvalue weighted by Crippen LogP contribution is 2.37. The number of rotatable bonds is 8. The Bertz CT molecular complexity index is 1170. The van der Waals surface area contributed by atoms with E-state index in [4.69, 9.17) is 0 Å². The molecule has 2 aromatic heterocycles. The first kappa shape index (κ1) is 24.2. The van der Waals surface area contributed by atoms with Gasteiger partial charge < -0.3 is 15.5 Å². The van der Waals surface area contributed by atoms with Gasteiger partial charge in [0.25, 0.3) is 0 Å². The summed E-state index contributed by atoms with van der Waals surface area (Å²) in [5, 5.41) is 31.6. The van der Waals surface area contributed by atoms with Crippen molar-refractivity contribution in [2.75, 3.05) is 11.9 Å². The van der Waals surface area contributed by atoms with Gasteiger partial charge in [0.15, 0.2) is 22.1 Å². The Morgan fingerprint density at radius 3 is 2.59 bits per heavy atom. The first-order chi connectivity index (χ1) is 16.2. The van der Waals surface area contributed by atoms with E-state index in [1.54, 1.807) is 0 Å². The molecule has 1 aliphatic rings. The van der Waals surface area contributed by atoms with Gasteiger partial charge in [-0.3, -0.25) is 4.79 Å². The maximum Gasteiger partial charge on any atom is 0.416 e. The number of alkyl halides is 3. The molecule has 0 bridgehead atoms. The first-order valence-electron chi connectivity index (χ1n) is 10.8. The van der Waals surface area contributed by atoms with Crippen LogP contribution in [0.1, 0.15) is 44.2 Å². The lowest BCUT2D eigenvalue weighted by atomic mass is 10.1. The van der Waals surface area contributed by atoms with Crippen molar-refractivity contribution in [1.29, 1.82) is 0 Å². The average Bonchev–Trinajstić information content (AvgIpc) is 3.37. The van der Waals surface area contributed by atoms with Gasteiger partial charge in [0.1, 0.15) is 0 Å². The number of aliphatic hydroxyl groups excluding tert-OH is 1. The van der Waals surface area contributed by atoms with E-state index >= 15 is 0 Å². The molecule has 3 aromatic rings. The molecule has 1 aromatic carbocycles. The molecule has 3 N–H and O–H groups in total. The van der Waals surface area contributed by atoms with Crippen molar-refractivity contribution >= 4 is 34.7 Å². The molecular weight excluding hydrogens is 473 g/mol. The van der Waals surface area contributed by atoms with Gasteiger partial charge in [-0.1, -0.05) is 18.6 Å². The zero-order chi connectivity index (χ0) is 24.5. The van der Waals surface area contributed by atoms with Crippen LogP contribution in [0.2, 0.25) is 0 Å². The molecule has 2 heterocycles. The van der Waals surface area contributed by atoms with Crippen molar-refractivity contribution in [2.45, 2.75) is 61.0 Å². The lowest BCUT2D eigenvalue weighted by Crippen LogP contribution is -2.20. The Hall–Kier alpha value is -2.93. The van der Waals surface area contributed by atoms with Gasteiger partial charge in [0.05, 0.1) is 23.6 Å². The molecule has 0 spiro atoms. The minimum Gasteiger partial charge on any atom is -0.481 e. The zero-order valence-electron chi connectivity index (χ0n) is 18.2. The highest BCUT2D eigenvalue weighted by Gasteiger charge is 2.40. The Kier molecular flexibility index (Phi) is 6.94. The lowest BCUT2D eigenvalue weighted by molar-refractivity contribution is -0.141. The van der Waals surface area contributed by atoms with Gasteiger partial charge in [-0.25, -0.2) is 14.6 Å². The molecule has 0 radical (unpaired) electrons. The number of carboxylic acids is 1. The van der Waals surface area contributed by atoms with Crippen LogP contribution >= 0.6 is 11.8 Å². The number of halogens is 3. The van der Waals surface area contributed by atoms with E-state index in [-0.39, 0.29) is 18.0 Å². The topological polar surface area (TPSA) is 126 Å². The van der Waals surface area contributed by atoms with Crippen LogP contribution in [0.25, 0.3) is 11.2 Å². The van der Waals surface area contributed by atoms with Crippen LogP contribution in [-0.2, 0) is 11.0 Å². The summed E-state index contributed by atoms with van der Waals surface area (Å²) >= 11 is 1.08. The van der Waals surface area contributed by atoms with E-state index < -0.39 is 35.8 Å². The summed E-state index contributed by atoms with van der Waals surface area (Å²) < 4.78 is 40.0. The van der Waals surface area contributed by atoms with E-state index in [0.29, 0.717) is 28.4 Å². The summed E-state index contributed by atoms with van der Waals surface area (Å²) in [7, 11) is 0. The number of aromatic nitrogens is 5. The van der Waals surface area contributed by atoms with Gasteiger partial charge in [-0.05, 0) is 55.3 Å². The Morgan fingerprint density at radius 2 is 1.97 bits per heavy atom. The van der Waals surface area contributed by atoms with Crippen LogP contribution in [0.4, 0.5) is 19.0 Å². The number of carbonyl (C=O) groups is 1. The fraction of sp³-hybridized carbons (Fsp3) is 0.476. The molecular formula is C21H23F3N6O3S. The molecule has 1 fully saturated rings. The second-order valence-corrected chi connectivity index (χ2v) is 9.15. The fourth-order valence-corrected chi connectivity index (χ4v) is 4.61. The van der Waals surface area contributed by atoms with E-state index in [1.165, 1.54) is 16.8 Å². The third kappa shape index (κ3) is 5.09. The summed E-state index contributed by atoms with van der Waals surface area (Å²) in [5.74, 6) is -1.27. The predicted octanol–water partition coefficient (Wildman–Crippen LogP) is 4.00. The van der Waals surface area contributed by atoms with Gasteiger partial charge in [-0.2, -0.15) is 13.2 Å². The largest absolute Gasteiger partial charge is 0.481 e. The van der Waals surface area contributed by atoms with Crippen molar-refractivity contribution in [3.8, 4) is 0 Å². The maximum atomic E-state index is 12.9. The Morgan fingerprint density at radius 1 is 1.24 bits per heavy atom. The Balaban J connectivity index is 1.69. The minimum atomic E-state index is -4.43. The van der Waals surface area contributed by atoms with Crippen LogP contribution in [-0.4, -0.2) is 53.8 Å². The smallest absolute Gasteiger partial charge is 0.416 e. The second kappa shape index (κ2) is 9.74. The molecule has 1 saturated carbocycles. The molecule has 0 aliphatic heterocycles. The highest BCUT2D eigenvalue weighted by molar-refractivity contribution is 7.99. The number of aliphatic carboxylic acids is 1. The molecule has 1 aliphatic carbocycles. The summed E-state index contributed by atoms with van der Waals surface area (Å²) in [6.07, 6.45) is -3.25. The molecule has 3 atom stereocenters. The van der Waals surface area contributed by atoms with Crippen LogP contribution in [0.3, 0.4) is 0 Å². The average molecular weight is 497 g/mol. The summed E-state index contributed by atoms with van der Waals surface area (Å²) in [6, 6.07) is 4.06. The predicted molar refractivity (Wildman–Crippen MR) is 117 cm³/mol. The van der Waals surface area contributed by atoms with Gasteiger partial charge in [0.2, 0.25) is 0 Å². The molecule has 0 saturated heterocycles. The van der Waals surface area contributed by atoms with Crippen LogP contribution in [0, 0.1) is 5.92 Å². The summed E-state index contributed by atoms with van der Waals surface area (Å²) in [4.78, 5) is 20.9. The monoisotopic (exact) mass is 496 g/mol. The number of anilines is 1. The maximum absolute atomic E-state index is 12.9. The number of benzene rings is 1. The number of nitrogens with one attached hydrogen (secondary N) is 1. The van der Waals surface area contributed by atoms with Gasteiger partial charge in [0, 0.05) is 11.4 Å². The number of unbranched alkanes of at least 4 members (excludes halogenated alkanes) is 1. The third-order valence-corrected chi connectivity index (χ3v) is 6.55. The minimum absolute atomic E-state index is 0.0984. The second-order valence-electron chi connectivity index (χ2n) is 8.11. The normalized spacial score (nSPS) is 20.7. The van der Waals surface area contributed by atoms with Crippen LogP contribution in [0.5, 0.6) is 0 Å². The van der Waals surface area contributed by atoms with Gasteiger partial charge in [-0.15, -0.1) is 5.10 Å². The number of carboxylic acid groups (broad SMARTS) is 1. The number of hydrogen-bond acceptors (Lipinski definition) is 8. The van der Waals surface area contributed by atoms with Crippen molar-refractivity contribution in [1.82, 2.24) is 25.0 Å². The van der Waals surface area contributed by atoms with Gasteiger partial charge >= 0.3 is 12.1 Å². The standard InChI is InChI=1S/C21H23F3N6O3S/c1-2-3-8-25-17-16-18(30(29-28-16)14-9-11(19(32)33)10-15(14)31)27-20(26-17)34-13-6-4-12(5-7-13)21(22,23)24/h4-7,11,14-15,31H,2-3,8-10H2,1H3,(H,32,33)(H,25,26,27). The summed E-state index contributed by atoms with van der Waals surface area (Å²) in [6.45, 7) is 2.66. The van der Waals surface area contributed by atoms with Crippen molar-refractivity contribution in [3.63, 3.8) is 0 Å². The van der Waals surface area contributed by atoms with Crippen LogP contribution < -0.4 is 5.32 Å². The van der Waals surface area contributed by atoms with E-state index in [9.17, 15) is 28.2 Å². The summed E-state index contributed by atoms with van der Waals surface area (Å²) in [5.41, 5.74) is -0.0574. The highest BCUT2D eigenvalue weighted by atomic mass is 32.2. The van der Waals surface area contributed by atoms with E-state index in [1.807, 2.05) is 6.92 Å². The molecule has 13 heteroatoms. The molecule has 3 unspecified atom stereocenters. The molecule has 182 valence electrons.